The molecule has 3 rings (SSSR count). The van der Waals surface area contributed by atoms with Crippen LogP contribution in [0.15, 0.2) is 54.6 Å². The average molecular weight is 333 g/mol. The highest BCUT2D eigenvalue weighted by Crippen LogP contribution is 2.29. The van der Waals surface area contributed by atoms with Crippen molar-refractivity contribution in [3.63, 3.8) is 0 Å². The minimum Gasteiger partial charge on any atom is -0.319 e. The van der Waals surface area contributed by atoms with Crippen LogP contribution in [0.1, 0.15) is 28.4 Å². The first kappa shape index (κ1) is 16.4. The highest BCUT2D eigenvalue weighted by atomic mass is 16.2. The highest BCUT2D eigenvalue weighted by Gasteiger charge is 2.49. The number of hydrogen-bond acceptors (Lipinski definition) is 4. The zero-order valence-corrected chi connectivity index (χ0v) is 13.5. The quantitative estimate of drug-likeness (QED) is 0.686. The van der Waals surface area contributed by atoms with Gasteiger partial charge in [-0.2, -0.15) is 5.26 Å². The third-order valence-electron chi connectivity index (χ3n) is 4.26. The van der Waals surface area contributed by atoms with Gasteiger partial charge in [0.05, 0.1) is 18.2 Å². The second-order valence-electron chi connectivity index (χ2n) is 5.92. The molecule has 6 heteroatoms. The third kappa shape index (κ3) is 2.88. The van der Waals surface area contributed by atoms with Crippen LogP contribution in [0, 0.1) is 11.3 Å². The Hall–Kier alpha value is -3.46. The van der Waals surface area contributed by atoms with E-state index in [1.54, 1.807) is 61.5 Å². The van der Waals surface area contributed by atoms with Crippen molar-refractivity contribution in [1.29, 1.82) is 5.26 Å². The molecule has 1 saturated heterocycles. The van der Waals surface area contributed by atoms with Gasteiger partial charge in [0.1, 0.15) is 5.54 Å². The third-order valence-corrected chi connectivity index (χ3v) is 4.26. The molecule has 2 aromatic rings. The van der Waals surface area contributed by atoms with Crippen molar-refractivity contribution in [2.45, 2.75) is 12.5 Å². The minimum absolute atomic E-state index is 0.312. The SMILES string of the molecule is C[C@]1(c2ccc(C#N)cc2)NC(=O)N(CC(=O)c2ccccc2)C1=O. The summed E-state index contributed by atoms with van der Waals surface area (Å²) in [5.74, 6) is -0.806. The number of ketones is 1. The second-order valence-corrected chi connectivity index (χ2v) is 5.92. The van der Waals surface area contributed by atoms with Crippen molar-refractivity contribution in [1.82, 2.24) is 10.2 Å². The van der Waals surface area contributed by atoms with Crippen LogP contribution in [-0.2, 0) is 10.3 Å². The molecule has 0 radical (unpaired) electrons. The number of hydrogen-bond donors (Lipinski definition) is 1. The van der Waals surface area contributed by atoms with Crippen molar-refractivity contribution in [2.75, 3.05) is 6.54 Å². The first-order valence-corrected chi connectivity index (χ1v) is 7.69. The first-order chi connectivity index (χ1) is 12.0. The zero-order valence-electron chi connectivity index (χ0n) is 13.5. The molecule has 1 heterocycles. The molecule has 0 saturated carbocycles. The molecule has 1 aliphatic rings. The summed E-state index contributed by atoms with van der Waals surface area (Å²) >= 11 is 0. The van der Waals surface area contributed by atoms with Crippen LogP contribution < -0.4 is 5.32 Å². The minimum atomic E-state index is -1.26. The van der Waals surface area contributed by atoms with Crippen LogP contribution >= 0.6 is 0 Å². The van der Waals surface area contributed by atoms with Crippen LogP contribution in [0.25, 0.3) is 0 Å². The van der Waals surface area contributed by atoms with E-state index in [2.05, 4.69) is 5.32 Å². The van der Waals surface area contributed by atoms with Crippen LogP contribution in [0.2, 0.25) is 0 Å². The number of nitrogens with one attached hydrogen (secondary N) is 1. The maximum Gasteiger partial charge on any atom is 0.325 e. The van der Waals surface area contributed by atoms with E-state index in [0.29, 0.717) is 16.7 Å². The van der Waals surface area contributed by atoms with Crippen molar-refractivity contribution in [3.05, 3.63) is 71.3 Å². The Labute approximate surface area is 144 Å². The topological polar surface area (TPSA) is 90.3 Å². The fourth-order valence-electron chi connectivity index (χ4n) is 2.77. The average Bonchev–Trinajstić information content (AvgIpc) is 2.86. The van der Waals surface area contributed by atoms with Crippen LogP contribution in [0.4, 0.5) is 4.79 Å². The number of carbonyl (C=O) groups excluding carboxylic acids is 3. The van der Waals surface area contributed by atoms with Gasteiger partial charge in [0.25, 0.3) is 5.91 Å². The molecule has 0 aliphatic carbocycles. The van der Waals surface area contributed by atoms with Crippen molar-refractivity contribution < 1.29 is 14.4 Å². The predicted molar refractivity (Wildman–Crippen MR) is 89.5 cm³/mol. The first-order valence-electron chi connectivity index (χ1n) is 7.69. The summed E-state index contributed by atoms with van der Waals surface area (Å²) in [5.41, 5.74) is 0.192. The van der Waals surface area contributed by atoms with Gasteiger partial charge in [0.2, 0.25) is 0 Å². The molecule has 3 amide bonds. The van der Waals surface area contributed by atoms with E-state index in [4.69, 9.17) is 5.26 Å². The molecular weight excluding hydrogens is 318 g/mol. The van der Waals surface area contributed by atoms with Crippen molar-refractivity contribution >= 4 is 17.7 Å². The van der Waals surface area contributed by atoms with E-state index in [1.807, 2.05) is 6.07 Å². The summed E-state index contributed by atoms with van der Waals surface area (Å²) in [6.07, 6.45) is 0. The van der Waals surface area contributed by atoms with Gasteiger partial charge in [0, 0.05) is 5.56 Å². The van der Waals surface area contributed by atoms with Gasteiger partial charge in [0.15, 0.2) is 5.78 Å². The number of amides is 3. The number of rotatable bonds is 4. The zero-order chi connectivity index (χ0) is 18.0. The summed E-state index contributed by atoms with van der Waals surface area (Å²) in [4.78, 5) is 38.3. The fourth-order valence-corrected chi connectivity index (χ4v) is 2.77. The van der Waals surface area contributed by atoms with Gasteiger partial charge in [-0.15, -0.1) is 0 Å². The molecular formula is C19H15N3O3. The Morgan fingerprint density at radius 3 is 2.36 bits per heavy atom. The van der Waals surface area contributed by atoms with Gasteiger partial charge in [-0.05, 0) is 24.6 Å². The van der Waals surface area contributed by atoms with Gasteiger partial charge in [-0.1, -0.05) is 42.5 Å². The Morgan fingerprint density at radius 1 is 1.12 bits per heavy atom. The molecule has 2 aromatic carbocycles. The summed E-state index contributed by atoms with van der Waals surface area (Å²) in [7, 11) is 0. The highest BCUT2D eigenvalue weighted by molar-refractivity contribution is 6.11. The predicted octanol–water partition coefficient (Wildman–Crippen LogP) is 2.21. The lowest BCUT2D eigenvalue weighted by molar-refractivity contribution is -0.130. The Morgan fingerprint density at radius 2 is 1.76 bits per heavy atom. The van der Waals surface area contributed by atoms with E-state index in [1.165, 1.54) is 0 Å². The second kappa shape index (κ2) is 6.21. The number of carbonyl (C=O) groups is 3. The lowest BCUT2D eigenvalue weighted by Gasteiger charge is -2.22. The van der Waals surface area contributed by atoms with E-state index < -0.39 is 17.5 Å². The largest absolute Gasteiger partial charge is 0.325 e. The number of benzene rings is 2. The maximum atomic E-state index is 12.8. The fraction of sp³-hybridized carbons (Fsp3) is 0.158. The molecule has 1 N–H and O–H groups in total. The van der Waals surface area contributed by atoms with Crippen LogP contribution in [-0.4, -0.2) is 29.2 Å². The Balaban J connectivity index is 1.84. The van der Waals surface area contributed by atoms with Crippen molar-refractivity contribution in [2.24, 2.45) is 0 Å². The summed E-state index contributed by atoms with van der Waals surface area (Å²) in [6.45, 7) is 1.27. The molecule has 1 aliphatic heterocycles. The summed E-state index contributed by atoms with van der Waals surface area (Å²) in [6, 6.07) is 16.3. The molecule has 25 heavy (non-hydrogen) atoms. The van der Waals surface area contributed by atoms with Gasteiger partial charge in [-0.3, -0.25) is 14.5 Å². The molecule has 124 valence electrons. The standard InChI is InChI=1S/C19H15N3O3/c1-19(15-9-7-13(11-20)8-10-15)17(24)22(18(25)21-19)12-16(23)14-5-3-2-4-6-14/h2-10H,12H2,1H3,(H,21,25)/t19-/m1/s1. The lowest BCUT2D eigenvalue weighted by Crippen LogP contribution is -2.41. The van der Waals surface area contributed by atoms with Gasteiger partial charge >= 0.3 is 6.03 Å². The van der Waals surface area contributed by atoms with E-state index in [-0.39, 0.29) is 12.3 Å². The van der Waals surface area contributed by atoms with Crippen molar-refractivity contribution in [3.8, 4) is 6.07 Å². The Bertz CT molecular complexity index is 884. The van der Waals surface area contributed by atoms with Crippen LogP contribution in [0.3, 0.4) is 0 Å². The maximum absolute atomic E-state index is 12.8. The van der Waals surface area contributed by atoms with E-state index in [9.17, 15) is 14.4 Å². The smallest absolute Gasteiger partial charge is 0.319 e. The molecule has 0 bridgehead atoms. The molecule has 0 unspecified atom stereocenters. The normalized spacial score (nSPS) is 19.4. The molecule has 6 nitrogen and oxygen atoms in total. The molecule has 1 fully saturated rings. The molecule has 1 atom stereocenters. The number of imide groups is 1. The van der Waals surface area contributed by atoms with E-state index >= 15 is 0 Å². The van der Waals surface area contributed by atoms with Crippen LogP contribution in [0.5, 0.6) is 0 Å². The number of urea groups is 1. The lowest BCUT2D eigenvalue weighted by atomic mass is 9.91. The van der Waals surface area contributed by atoms with Gasteiger partial charge < -0.3 is 5.32 Å². The molecule has 0 spiro atoms. The Kier molecular flexibility index (Phi) is 4.07. The van der Waals surface area contributed by atoms with Gasteiger partial charge in [-0.25, -0.2) is 4.79 Å². The molecule has 0 aromatic heterocycles. The monoisotopic (exact) mass is 333 g/mol. The number of nitrogens with zero attached hydrogens (tertiary/aromatic N) is 2. The number of nitriles is 1. The summed E-state index contributed by atoms with van der Waals surface area (Å²) in [5, 5.41) is 11.5. The van der Waals surface area contributed by atoms with E-state index in [0.717, 1.165) is 4.90 Å². The number of Topliss-reactive ketones (excluding diaryl/α,β-unsaturated/α-hetero) is 1. The summed E-state index contributed by atoms with van der Waals surface area (Å²) < 4.78 is 0.